The molecule has 0 spiro atoms. The van der Waals surface area contributed by atoms with Crippen LogP contribution in [0, 0.1) is 0 Å². The fourth-order valence-corrected chi connectivity index (χ4v) is 2.43. The fourth-order valence-electron chi connectivity index (χ4n) is 2.43. The van der Waals surface area contributed by atoms with Crippen LogP contribution in [-0.2, 0) is 19.0 Å². The molecular weight excluding hydrogens is 269 g/mol. The Morgan fingerprint density at radius 3 is 2.50 bits per heavy atom. The molecule has 2 heterocycles. The number of alkyl halides is 3. The number of hydrogen-bond acceptors (Lipinski definition) is 3. The molecule has 7 heteroatoms. The first-order chi connectivity index (χ1) is 9.47. The normalized spacial score (nSPS) is 15.2. The second-order valence-electron chi connectivity index (χ2n) is 4.83. The predicted octanol–water partition coefficient (Wildman–Crippen LogP) is 2.75. The summed E-state index contributed by atoms with van der Waals surface area (Å²) in [6, 6.07) is 2.28. The maximum atomic E-state index is 12.5. The standard InChI is InChI=1S/C13H13F3N4/c14-13(15,16)8-5-6-11(18-7-8)20-12(17)9-3-1-2-4-10(9)19-20/h5-7H,1-4,17H2. The van der Waals surface area contributed by atoms with E-state index in [2.05, 4.69) is 10.1 Å². The van der Waals surface area contributed by atoms with Gasteiger partial charge in [-0.05, 0) is 37.8 Å². The Balaban J connectivity index is 1.99. The van der Waals surface area contributed by atoms with E-state index in [1.165, 1.54) is 10.7 Å². The van der Waals surface area contributed by atoms with Crippen LogP contribution in [0.1, 0.15) is 29.7 Å². The Morgan fingerprint density at radius 2 is 1.90 bits per heavy atom. The van der Waals surface area contributed by atoms with Crippen molar-refractivity contribution in [2.45, 2.75) is 31.9 Å². The maximum absolute atomic E-state index is 12.5. The summed E-state index contributed by atoms with van der Waals surface area (Å²) in [6.07, 6.45) is 0.248. The third-order valence-corrected chi connectivity index (χ3v) is 3.49. The van der Waals surface area contributed by atoms with E-state index in [4.69, 9.17) is 5.73 Å². The molecule has 1 aliphatic rings. The monoisotopic (exact) mass is 282 g/mol. The number of rotatable bonds is 1. The van der Waals surface area contributed by atoms with Crippen LogP contribution in [0.5, 0.6) is 0 Å². The van der Waals surface area contributed by atoms with Crippen LogP contribution in [-0.4, -0.2) is 14.8 Å². The molecule has 2 aromatic heterocycles. The largest absolute Gasteiger partial charge is 0.417 e. The van der Waals surface area contributed by atoms with Crippen molar-refractivity contribution in [1.29, 1.82) is 0 Å². The van der Waals surface area contributed by atoms with Crippen LogP contribution in [0.2, 0.25) is 0 Å². The van der Waals surface area contributed by atoms with E-state index in [1.54, 1.807) is 0 Å². The van der Waals surface area contributed by atoms with Gasteiger partial charge in [0.15, 0.2) is 5.82 Å². The number of aromatic nitrogens is 3. The first kappa shape index (κ1) is 13.0. The zero-order chi connectivity index (χ0) is 14.3. The van der Waals surface area contributed by atoms with E-state index in [9.17, 15) is 13.2 Å². The van der Waals surface area contributed by atoms with Gasteiger partial charge in [-0.1, -0.05) is 0 Å². The average Bonchev–Trinajstić information content (AvgIpc) is 2.76. The number of anilines is 1. The zero-order valence-electron chi connectivity index (χ0n) is 10.6. The molecule has 1 aliphatic carbocycles. The summed E-state index contributed by atoms with van der Waals surface area (Å²) in [4.78, 5) is 3.82. The maximum Gasteiger partial charge on any atom is 0.417 e. The summed E-state index contributed by atoms with van der Waals surface area (Å²) in [7, 11) is 0. The number of halogens is 3. The molecule has 0 radical (unpaired) electrons. The van der Waals surface area contributed by atoms with Gasteiger partial charge in [-0.2, -0.15) is 23.0 Å². The Labute approximate surface area is 113 Å². The SMILES string of the molecule is Nc1c2c(nn1-c1ccc(C(F)(F)F)cn1)CCCC2. The van der Waals surface area contributed by atoms with Crippen molar-refractivity contribution in [2.75, 3.05) is 5.73 Å². The fraction of sp³-hybridized carbons (Fsp3) is 0.385. The van der Waals surface area contributed by atoms with Gasteiger partial charge >= 0.3 is 6.18 Å². The smallest absolute Gasteiger partial charge is 0.383 e. The molecule has 2 aromatic rings. The summed E-state index contributed by atoms with van der Waals surface area (Å²) >= 11 is 0. The van der Waals surface area contributed by atoms with Crippen molar-refractivity contribution >= 4 is 5.82 Å². The molecule has 3 rings (SSSR count). The second-order valence-corrected chi connectivity index (χ2v) is 4.83. The first-order valence-corrected chi connectivity index (χ1v) is 6.36. The third kappa shape index (κ3) is 2.13. The molecule has 0 aromatic carbocycles. The number of nitrogen functional groups attached to an aromatic ring is 1. The van der Waals surface area contributed by atoms with Gasteiger partial charge in [0.1, 0.15) is 5.82 Å². The molecule has 0 amide bonds. The van der Waals surface area contributed by atoms with Crippen LogP contribution < -0.4 is 5.73 Å². The lowest BCUT2D eigenvalue weighted by molar-refractivity contribution is -0.137. The van der Waals surface area contributed by atoms with Crippen LogP contribution in [0.4, 0.5) is 19.0 Å². The van der Waals surface area contributed by atoms with E-state index in [0.717, 1.165) is 49.2 Å². The van der Waals surface area contributed by atoms with Gasteiger partial charge in [0.2, 0.25) is 0 Å². The lowest BCUT2D eigenvalue weighted by Gasteiger charge is -2.09. The van der Waals surface area contributed by atoms with Gasteiger partial charge in [0, 0.05) is 11.8 Å². The highest BCUT2D eigenvalue weighted by molar-refractivity contribution is 5.49. The quantitative estimate of drug-likeness (QED) is 0.875. The molecule has 0 bridgehead atoms. The average molecular weight is 282 g/mol. The Bertz CT molecular complexity index is 628. The molecule has 0 unspecified atom stereocenters. The van der Waals surface area contributed by atoms with Gasteiger partial charge in [0.25, 0.3) is 0 Å². The number of hydrogen-bond donors (Lipinski definition) is 1. The second kappa shape index (κ2) is 4.50. The van der Waals surface area contributed by atoms with Gasteiger partial charge in [-0.15, -0.1) is 0 Å². The van der Waals surface area contributed by atoms with Crippen molar-refractivity contribution in [1.82, 2.24) is 14.8 Å². The number of aryl methyl sites for hydroxylation is 1. The molecule has 0 fully saturated rings. The Morgan fingerprint density at radius 1 is 1.15 bits per heavy atom. The van der Waals surface area contributed by atoms with Gasteiger partial charge in [-0.3, -0.25) is 0 Å². The summed E-state index contributed by atoms with van der Waals surface area (Å²) in [5.74, 6) is 0.789. The Kier molecular flexibility index (Phi) is 2.92. The van der Waals surface area contributed by atoms with Crippen molar-refractivity contribution in [3.63, 3.8) is 0 Å². The molecular formula is C13H13F3N4. The minimum absolute atomic E-state index is 0.310. The highest BCUT2D eigenvalue weighted by atomic mass is 19.4. The van der Waals surface area contributed by atoms with E-state index in [0.29, 0.717) is 11.6 Å². The third-order valence-electron chi connectivity index (χ3n) is 3.49. The molecule has 20 heavy (non-hydrogen) atoms. The van der Waals surface area contributed by atoms with E-state index in [-0.39, 0.29) is 0 Å². The summed E-state index contributed by atoms with van der Waals surface area (Å²) in [6.45, 7) is 0. The number of fused-ring (bicyclic) bond motifs is 1. The van der Waals surface area contributed by atoms with Crippen LogP contribution in [0.15, 0.2) is 18.3 Å². The van der Waals surface area contributed by atoms with Crippen LogP contribution in [0.3, 0.4) is 0 Å². The van der Waals surface area contributed by atoms with E-state index >= 15 is 0 Å². The summed E-state index contributed by atoms with van der Waals surface area (Å²) in [5, 5.41) is 4.36. The van der Waals surface area contributed by atoms with Crippen molar-refractivity contribution < 1.29 is 13.2 Å². The van der Waals surface area contributed by atoms with Crippen LogP contribution in [0.25, 0.3) is 5.82 Å². The van der Waals surface area contributed by atoms with Crippen LogP contribution >= 0.6 is 0 Å². The number of nitrogens with two attached hydrogens (primary N) is 1. The van der Waals surface area contributed by atoms with Crippen molar-refractivity contribution in [3.8, 4) is 5.82 Å². The summed E-state index contributed by atoms with van der Waals surface area (Å²) in [5.41, 5.74) is 7.16. The highest BCUT2D eigenvalue weighted by Gasteiger charge is 2.31. The number of pyridine rings is 1. The van der Waals surface area contributed by atoms with E-state index < -0.39 is 11.7 Å². The van der Waals surface area contributed by atoms with Crippen molar-refractivity contribution in [2.24, 2.45) is 0 Å². The highest BCUT2D eigenvalue weighted by Crippen LogP contribution is 2.30. The molecule has 4 nitrogen and oxygen atoms in total. The zero-order valence-corrected chi connectivity index (χ0v) is 10.6. The van der Waals surface area contributed by atoms with Gasteiger partial charge in [-0.25, -0.2) is 4.98 Å². The molecule has 0 atom stereocenters. The topological polar surface area (TPSA) is 56.7 Å². The minimum atomic E-state index is -4.39. The molecule has 0 saturated carbocycles. The lowest BCUT2D eigenvalue weighted by atomic mass is 9.98. The van der Waals surface area contributed by atoms with Gasteiger partial charge in [0.05, 0.1) is 11.3 Å². The minimum Gasteiger partial charge on any atom is -0.383 e. The Hall–Kier alpha value is -2.05. The lowest BCUT2D eigenvalue weighted by Crippen LogP contribution is -2.08. The summed E-state index contributed by atoms with van der Waals surface area (Å²) < 4.78 is 38.9. The molecule has 106 valence electrons. The predicted molar refractivity (Wildman–Crippen MR) is 67.4 cm³/mol. The van der Waals surface area contributed by atoms with Gasteiger partial charge < -0.3 is 5.73 Å². The first-order valence-electron chi connectivity index (χ1n) is 6.36. The number of nitrogens with zero attached hydrogens (tertiary/aromatic N) is 3. The molecule has 0 aliphatic heterocycles. The van der Waals surface area contributed by atoms with Crippen molar-refractivity contribution in [3.05, 3.63) is 35.2 Å². The van der Waals surface area contributed by atoms with E-state index in [1.807, 2.05) is 0 Å². The molecule has 2 N–H and O–H groups in total. The molecule has 0 saturated heterocycles.